The summed E-state index contributed by atoms with van der Waals surface area (Å²) in [5.74, 6) is 1.27. The summed E-state index contributed by atoms with van der Waals surface area (Å²) in [5.41, 5.74) is 2.44. The summed E-state index contributed by atoms with van der Waals surface area (Å²) in [6.07, 6.45) is 3.09. The molecule has 2 aliphatic heterocycles. The summed E-state index contributed by atoms with van der Waals surface area (Å²) in [4.78, 5) is 21.2. The molecule has 1 amide bonds. The number of anilines is 2. The van der Waals surface area contributed by atoms with Crippen molar-refractivity contribution in [2.75, 3.05) is 44.6 Å². The lowest BCUT2D eigenvalue weighted by Crippen LogP contribution is -2.38. The fourth-order valence-electron chi connectivity index (χ4n) is 5.78. The molecule has 0 saturated carbocycles. The molecule has 2 aliphatic rings. The molecule has 2 saturated heterocycles. The second-order valence-electron chi connectivity index (χ2n) is 12.1. The minimum absolute atomic E-state index is 0.213. The van der Waals surface area contributed by atoms with Crippen LogP contribution in [0.3, 0.4) is 0 Å². The molecule has 6 rings (SSSR count). The maximum absolute atomic E-state index is 14.4. The Morgan fingerprint density at radius 1 is 1.07 bits per heavy atom. The van der Waals surface area contributed by atoms with Crippen LogP contribution in [-0.4, -0.2) is 76.0 Å². The number of hydrogen-bond donors (Lipinski definition) is 1. The van der Waals surface area contributed by atoms with Crippen molar-refractivity contribution >= 4 is 40.0 Å². The highest BCUT2D eigenvalue weighted by Gasteiger charge is 2.42. The molecular weight excluding hydrogens is 571 g/mol. The first-order valence-corrected chi connectivity index (χ1v) is 14.8. The number of aromatic nitrogens is 3. The normalized spacial score (nSPS) is 18.6. The average Bonchev–Trinajstić information content (AvgIpc) is 3.53. The van der Waals surface area contributed by atoms with Gasteiger partial charge in [0, 0.05) is 66.6 Å². The van der Waals surface area contributed by atoms with E-state index >= 15 is 0 Å². The number of nitrogens with zero attached hydrogens (tertiary/aromatic N) is 5. The third-order valence-electron chi connectivity index (χ3n) is 7.74. The molecule has 2 aromatic carbocycles. The van der Waals surface area contributed by atoms with E-state index in [-0.39, 0.29) is 11.7 Å². The number of carbonyl (C=O) groups is 1. The van der Waals surface area contributed by atoms with Gasteiger partial charge in [0.05, 0.1) is 23.1 Å². The van der Waals surface area contributed by atoms with Crippen molar-refractivity contribution in [3.8, 4) is 17.0 Å². The van der Waals surface area contributed by atoms with Crippen molar-refractivity contribution in [1.82, 2.24) is 25.0 Å². The van der Waals surface area contributed by atoms with Crippen LogP contribution in [0.5, 0.6) is 5.75 Å². The first kappa shape index (κ1) is 29.1. The lowest BCUT2D eigenvalue weighted by molar-refractivity contribution is 0.0273. The summed E-state index contributed by atoms with van der Waals surface area (Å²) >= 11 is 6.06. The number of pyridine rings is 1. The number of hydrogen-bond acceptors (Lipinski definition) is 8. The Bertz CT molecular complexity index is 1630. The highest BCUT2D eigenvalue weighted by Crippen LogP contribution is 2.33. The van der Waals surface area contributed by atoms with Gasteiger partial charge in [-0.2, -0.15) is 10.2 Å². The third-order valence-corrected chi connectivity index (χ3v) is 7.98. The predicted molar refractivity (Wildman–Crippen MR) is 164 cm³/mol. The number of fused-ring (bicyclic) bond motifs is 2. The standard InChI is InChI=1S/C32H34ClFN6O3/c1-32(2,3)43-31(41)40-18-20-16-39(17-21(20)19-40)10-11-42-24-5-6-25-28(8-9-35-29(25)14-24)37-23-13-30(38-36-15-23)26-12-22(33)4-7-27(26)34/h4-9,12-15,20-21H,10-11,16-19H2,1-3H3,(H,35,37,38). The Kier molecular flexibility index (Phi) is 8.07. The Balaban J connectivity index is 1.04. The van der Waals surface area contributed by atoms with Crippen molar-refractivity contribution < 1.29 is 18.7 Å². The van der Waals surface area contributed by atoms with Gasteiger partial charge in [0.2, 0.25) is 0 Å². The first-order valence-electron chi connectivity index (χ1n) is 14.4. The molecule has 43 heavy (non-hydrogen) atoms. The zero-order valence-electron chi connectivity index (χ0n) is 24.4. The van der Waals surface area contributed by atoms with Crippen LogP contribution in [0.4, 0.5) is 20.6 Å². The Labute approximate surface area is 255 Å². The summed E-state index contributed by atoms with van der Waals surface area (Å²) in [6.45, 7) is 10.5. The summed E-state index contributed by atoms with van der Waals surface area (Å²) in [5, 5.41) is 12.8. The van der Waals surface area contributed by atoms with Crippen LogP contribution in [-0.2, 0) is 4.74 Å². The third kappa shape index (κ3) is 6.81. The van der Waals surface area contributed by atoms with Gasteiger partial charge in [-0.1, -0.05) is 11.6 Å². The molecule has 1 N–H and O–H groups in total. The number of halogens is 2. The fraction of sp³-hybridized carbons (Fsp3) is 0.375. The zero-order chi connectivity index (χ0) is 30.1. The maximum atomic E-state index is 14.4. The van der Waals surface area contributed by atoms with Crippen LogP contribution in [0.1, 0.15) is 20.8 Å². The second kappa shape index (κ2) is 11.9. The zero-order valence-corrected chi connectivity index (χ0v) is 25.1. The van der Waals surface area contributed by atoms with Gasteiger partial charge in [-0.15, -0.1) is 0 Å². The molecule has 2 aromatic heterocycles. The van der Waals surface area contributed by atoms with Gasteiger partial charge < -0.3 is 19.7 Å². The molecule has 224 valence electrons. The Morgan fingerprint density at radius 3 is 2.63 bits per heavy atom. The minimum atomic E-state index is -0.477. The number of nitrogens with one attached hydrogen (secondary N) is 1. The summed E-state index contributed by atoms with van der Waals surface area (Å²) in [7, 11) is 0. The van der Waals surface area contributed by atoms with E-state index in [1.165, 1.54) is 18.2 Å². The van der Waals surface area contributed by atoms with Crippen molar-refractivity contribution in [2.24, 2.45) is 11.8 Å². The van der Waals surface area contributed by atoms with Crippen molar-refractivity contribution in [3.05, 3.63) is 71.8 Å². The lowest BCUT2D eigenvalue weighted by atomic mass is 10.0. The first-order chi connectivity index (χ1) is 20.6. The van der Waals surface area contributed by atoms with Crippen LogP contribution < -0.4 is 10.1 Å². The quantitative estimate of drug-likeness (QED) is 0.259. The smallest absolute Gasteiger partial charge is 0.410 e. The van der Waals surface area contributed by atoms with Crippen molar-refractivity contribution in [1.29, 1.82) is 0 Å². The molecular formula is C32H34ClFN6O3. The number of amides is 1. The number of ether oxygens (including phenoxy) is 2. The van der Waals surface area contributed by atoms with Crippen molar-refractivity contribution in [2.45, 2.75) is 26.4 Å². The van der Waals surface area contributed by atoms with E-state index in [1.54, 1.807) is 18.5 Å². The molecule has 0 radical (unpaired) electrons. The maximum Gasteiger partial charge on any atom is 0.410 e. The summed E-state index contributed by atoms with van der Waals surface area (Å²) in [6, 6.07) is 13.8. The number of benzene rings is 2. The molecule has 2 unspecified atom stereocenters. The van der Waals surface area contributed by atoms with Crippen LogP contribution in [0, 0.1) is 17.7 Å². The monoisotopic (exact) mass is 604 g/mol. The van der Waals surface area contributed by atoms with Gasteiger partial charge in [-0.25, -0.2) is 9.18 Å². The van der Waals surface area contributed by atoms with Gasteiger partial charge in [0.25, 0.3) is 0 Å². The van der Waals surface area contributed by atoms with E-state index in [1.807, 2.05) is 49.9 Å². The number of rotatable bonds is 7. The van der Waals surface area contributed by atoms with Crippen LogP contribution >= 0.6 is 11.6 Å². The molecule has 11 heteroatoms. The molecule has 0 spiro atoms. The molecule has 0 aliphatic carbocycles. The highest BCUT2D eigenvalue weighted by atomic mass is 35.5. The molecule has 4 aromatic rings. The fourth-order valence-corrected chi connectivity index (χ4v) is 5.96. The largest absolute Gasteiger partial charge is 0.492 e. The lowest BCUT2D eigenvalue weighted by Gasteiger charge is -2.26. The SMILES string of the molecule is CC(C)(C)OC(=O)N1CC2CN(CCOc3ccc4c(Nc5cnnc(-c6cc(Cl)ccc6F)c5)ccnc4c3)CC2C1. The van der Waals surface area contributed by atoms with E-state index in [4.69, 9.17) is 21.1 Å². The molecule has 4 heterocycles. The number of carbonyl (C=O) groups excluding carboxylic acids is 1. The summed E-state index contributed by atoms with van der Waals surface area (Å²) < 4.78 is 26.0. The van der Waals surface area contributed by atoms with E-state index in [9.17, 15) is 9.18 Å². The van der Waals surface area contributed by atoms with E-state index in [0.29, 0.717) is 34.8 Å². The highest BCUT2D eigenvalue weighted by molar-refractivity contribution is 6.30. The van der Waals surface area contributed by atoms with Crippen LogP contribution in [0.25, 0.3) is 22.2 Å². The van der Waals surface area contributed by atoms with Gasteiger partial charge in [0.15, 0.2) is 0 Å². The van der Waals surface area contributed by atoms with Gasteiger partial charge in [-0.3, -0.25) is 9.88 Å². The minimum Gasteiger partial charge on any atom is -0.492 e. The number of likely N-dealkylation sites (tertiary alicyclic amines) is 2. The van der Waals surface area contributed by atoms with Gasteiger partial charge >= 0.3 is 6.09 Å². The Morgan fingerprint density at radius 2 is 1.86 bits per heavy atom. The molecule has 2 fully saturated rings. The van der Waals surface area contributed by atoms with Crippen molar-refractivity contribution in [3.63, 3.8) is 0 Å². The van der Waals surface area contributed by atoms with Gasteiger partial charge in [-0.05, 0) is 75.1 Å². The Hall–Kier alpha value is -4.02. The topological polar surface area (TPSA) is 92.7 Å². The van der Waals surface area contributed by atoms with Gasteiger partial charge in [0.1, 0.15) is 23.8 Å². The molecule has 9 nitrogen and oxygen atoms in total. The van der Waals surface area contributed by atoms with Crippen LogP contribution in [0.2, 0.25) is 5.02 Å². The molecule has 0 bridgehead atoms. The van der Waals surface area contributed by atoms with E-state index in [0.717, 1.165) is 55.1 Å². The van der Waals surface area contributed by atoms with E-state index in [2.05, 4.69) is 25.4 Å². The van der Waals surface area contributed by atoms with Crippen LogP contribution in [0.15, 0.2) is 60.9 Å². The average molecular weight is 605 g/mol. The second-order valence-corrected chi connectivity index (χ2v) is 12.6. The predicted octanol–water partition coefficient (Wildman–Crippen LogP) is 6.41. The van der Waals surface area contributed by atoms with E-state index < -0.39 is 11.4 Å². The molecule has 2 atom stereocenters.